The number of methoxy groups -OCH3 is 1. The van der Waals surface area contributed by atoms with E-state index in [0.717, 1.165) is 6.07 Å². The minimum absolute atomic E-state index is 0.162. The molecule has 3 rings (SSSR count). The maximum Gasteiger partial charge on any atom is 0.322 e. The molecule has 3 aromatic carbocycles. The Morgan fingerprint density at radius 1 is 0.939 bits per heavy atom. The van der Waals surface area contributed by atoms with Gasteiger partial charge in [0.1, 0.15) is 23.9 Å². The second-order valence-corrected chi connectivity index (χ2v) is 8.08. The summed E-state index contributed by atoms with van der Waals surface area (Å²) in [5.41, 5.74) is 2.23. The summed E-state index contributed by atoms with van der Waals surface area (Å²) < 4.78 is 24.9. The minimum Gasteiger partial charge on any atom is -0.497 e. The minimum atomic E-state index is -1.03. The molecule has 0 amide bonds. The number of ketones is 1. The fourth-order valence-electron chi connectivity index (χ4n) is 3.26. The van der Waals surface area contributed by atoms with E-state index < -0.39 is 11.8 Å². The molecule has 0 saturated carbocycles. The topological polar surface area (TPSA) is 84.9 Å². The molecule has 0 saturated heterocycles. The van der Waals surface area contributed by atoms with E-state index in [4.69, 9.17) is 37.8 Å². The van der Waals surface area contributed by atoms with E-state index in [9.17, 15) is 14.0 Å². The van der Waals surface area contributed by atoms with Gasteiger partial charge in [-0.1, -0.05) is 23.2 Å². The zero-order valence-electron chi connectivity index (χ0n) is 18.0. The lowest BCUT2D eigenvalue weighted by molar-refractivity contribution is -0.134. The first-order valence-electron chi connectivity index (χ1n) is 9.72. The molecule has 0 aliphatic rings. The van der Waals surface area contributed by atoms with Crippen LogP contribution >= 0.6 is 23.2 Å². The number of hydrogen-bond donors (Lipinski definition) is 2. The molecule has 0 fully saturated rings. The maximum absolute atomic E-state index is 13.8. The summed E-state index contributed by atoms with van der Waals surface area (Å²) in [4.78, 5) is 23.7. The molecule has 9 heteroatoms. The number of ether oxygens (including phenoxy) is 2. The first-order chi connectivity index (χ1) is 15.6. The molecule has 3 aromatic rings. The van der Waals surface area contributed by atoms with Gasteiger partial charge in [-0.15, -0.1) is 0 Å². The highest BCUT2D eigenvalue weighted by Crippen LogP contribution is 2.41. The van der Waals surface area contributed by atoms with Crippen molar-refractivity contribution < 1.29 is 28.6 Å². The number of hydrogen-bond acceptors (Lipinski definition) is 5. The largest absolute Gasteiger partial charge is 0.497 e. The summed E-state index contributed by atoms with van der Waals surface area (Å²) in [6.07, 6.45) is 0. The van der Waals surface area contributed by atoms with Gasteiger partial charge in [0.25, 0.3) is 0 Å². The second kappa shape index (κ2) is 10.1. The van der Waals surface area contributed by atoms with Crippen molar-refractivity contribution in [3.8, 4) is 17.2 Å². The molecule has 0 spiro atoms. The van der Waals surface area contributed by atoms with Gasteiger partial charge in [0.15, 0.2) is 11.5 Å². The molecule has 0 aliphatic carbocycles. The Labute approximate surface area is 199 Å². The summed E-state index contributed by atoms with van der Waals surface area (Å²) in [5.74, 6) is -1.07. The van der Waals surface area contributed by atoms with Gasteiger partial charge in [-0.3, -0.25) is 9.59 Å². The second-order valence-electron chi connectivity index (χ2n) is 7.27. The number of aliphatic carboxylic acids is 1. The summed E-state index contributed by atoms with van der Waals surface area (Å²) in [6.45, 7) is 3.23. The van der Waals surface area contributed by atoms with Gasteiger partial charge in [-0.25, -0.2) is 4.39 Å². The van der Waals surface area contributed by atoms with E-state index in [1.807, 2.05) is 0 Å². The van der Waals surface area contributed by atoms with Gasteiger partial charge in [0, 0.05) is 22.9 Å². The number of carbonyl (C=O) groups is 2. The zero-order chi connectivity index (χ0) is 24.3. The number of halogens is 3. The van der Waals surface area contributed by atoms with Crippen LogP contribution in [0.15, 0.2) is 42.5 Å². The Bertz CT molecular complexity index is 1200. The molecule has 0 aliphatic heterocycles. The highest BCUT2D eigenvalue weighted by Gasteiger charge is 2.18. The summed E-state index contributed by atoms with van der Waals surface area (Å²) in [7, 11) is 1.40. The number of rotatable bonds is 8. The van der Waals surface area contributed by atoms with Gasteiger partial charge < -0.3 is 19.9 Å². The molecule has 0 aromatic heterocycles. The molecule has 0 unspecified atom stereocenters. The van der Waals surface area contributed by atoms with Crippen molar-refractivity contribution in [3.05, 3.63) is 80.6 Å². The number of anilines is 1. The molecule has 0 atom stereocenters. The van der Waals surface area contributed by atoms with Crippen LogP contribution in [0, 0.1) is 19.7 Å². The molecule has 2 N–H and O–H groups in total. The lowest BCUT2D eigenvalue weighted by Gasteiger charge is -2.16. The van der Waals surface area contributed by atoms with Crippen molar-refractivity contribution in [1.82, 2.24) is 0 Å². The highest BCUT2D eigenvalue weighted by atomic mass is 35.5. The fourth-order valence-corrected chi connectivity index (χ4v) is 3.82. The van der Waals surface area contributed by atoms with Crippen LogP contribution in [0.5, 0.6) is 17.2 Å². The Morgan fingerprint density at radius 2 is 1.52 bits per heavy atom. The number of carbonyl (C=O) groups excluding carboxylic acids is 1. The van der Waals surface area contributed by atoms with Gasteiger partial charge in [-0.05, 0) is 61.4 Å². The standard InChI is InChI=1S/C24H20Cl2FNO5/c1-12-4-14(22(31)15-6-16(27)8-18(7-15)32-3)5-13(2)23(12)33-24-19(25)9-17(10-20(24)26)28-11-21(29)30/h4-10,28H,11H2,1-3H3,(H,29,30). The number of carboxylic acid groups (broad SMARTS) is 1. The molecular formula is C24H20Cl2FNO5. The van der Waals surface area contributed by atoms with Crippen molar-refractivity contribution in [2.75, 3.05) is 19.0 Å². The van der Waals surface area contributed by atoms with Gasteiger partial charge in [0.2, 0.25) is 0 Å². The van der Waals surface area contributed by atoms with E-state index in [2.05, 4.69) is 5.32 Å². The Kier molecular flexibility index (Phi) is 7.46. The van der Waals surface area contributed by atoms with Crippen LogP contribution in [-0.4, -0.2) is 30.5 Å². The summed E-state index contributed by atoms with van der Waals surface area (Å²) >= 11 is 12.6. The van der Waals surface area contributed by atoms with Crippen molar-refractivity contribution in [3.63, 3.8) is 0 Å². The van der Waals surface area contributed by atoms with Gasteiger partial charge in [0.05, 0.1) is 17.2 Å². The van der Waals surface area contributed by atoms with E-state index in [1.165, 1.54) is 31.4 Å². The number of carboxylic acids is 1. The SMILES string of the molecule is COc1cc(F)cc(C(=O)c2cc(C)c(Oc3c(Cl)cc(NCC(=O)O)cc3Cl)c(C)c2)c1. The summed E-state index contributed by atoms with van der Waals surface area (Å²) in [6, 6.07) is 10.1. The zero-order valence-corrected chi connectivity index (χ0v) is 19.5. The van der Waals surface area contributed by atoms with Gasteiger partial charge >= 0.3 is 5.97 Å². The molecule has 0 heterocycles. The quantitative estimate of drug-likeness (QED) is 0.360. The van der Waals surface area contributed by atoms with Crippen molar-refractivity contribution >= 4 is 40.6 Å². The third-order valence-corrected chi connectivity index (χ3v) is 5.30. The highest BCUT2D eigenvalue weighted by molar-refractivity contribution is 6.37. The average molecular weight is 492 g/mol. The fraction of sp³-hybridized carbons (Fsp3) is 0.167. The van der Waals surface area contributed by atoms with Crippen LogP contribution in [0.4, 0.5) is 10.1 Å². The van der Waals surface area contributed by atoms with Crippen molar-refractivity contribution in [2.24, 2.45) is 0 Å². The van der Waals surface area contributed by atoms with E-state index >= 15 is 0 Å². The van der Waals surface area contributed by atoms with E-state index in [0.29, 0.717) is 28.1 Å². The van der Waals surface area contributed by atoms with Crippen LogP contribution in [0.2, 0.25) is 10.0 Å². The third-order valence-electron chi connectivity index (χ3n) is 4.74. The third kappa shape index (κ3) is 5.74. The first-order valence-corrected chi connectivity index (χ1v) is 10.5. The number of aryl methyl sites for hydroxylation is 2. The smallest absolute Gasteiger partial charge is 0.322 e. The molecule has 33 heavy (non-hydrogen) atoms. The Hall–Kier alpha value is -3.29. The average Bonchev–Trinajstić information content (AvgIpc) is 2.75. The van der Waals surface area contributed by atoms with Crippen LogP contribution in [0.1, 0.15) is 27.0 Å². The molecular weight excluding hydrogens is 472 g/mol. The van der Waals surface area contributed by atoms with E-state index in [-0.39, 0.29) is 39.4 Å². The molecule has 0 radical (unpaired) electrons. The predicted octanol–water partition coefficient (Wildman–Crippen LogP) is 6.28. The number of nitrogens with one attached hydrogen (secondary N) is 1. The van der Waals surface area contributed by atoms with Crippen molar-refractivity contribution in [2.45, 2.75) is 13.8 Å². The first kappa shape index (κ1) is 24.4. The van der Waals surface area contributed by atoms with Crippen molar-refractivity contribution in [1.29, 1.82) is 0 Å². The lowest BCUT2D eigenvalue weighted by atomic mass is 9.98. The molecule has 0 bridgehead atoms. The maximum atomic E-state index is 13.8. The Balaban J connectivity index is 1.90. The lowest BCUT2D eigenvalue weighted by Crippen LogP contribution is -2.12. The van der Waals surface area contributed by atoms with Crippen LogP contribution in [-0.2, 0) is 4.79 Å². The molecule has 6 nitrogen and oxygen atoms in total. The Morgan fingerprint density at radius 3 is 2.06 bits per heavy atom. The predicted molar refractivity (Wildman–Crippen MR) is 125 cm³/mol. The van der Waals surface area contributed by atoms with Crippen LogP contribution in [0.3, 0.4) is 0 Å². The van der Waals surface area contributed by atoms with Crippen LogP contribution < -0.4 is 14.8 Å². The molecule has 172 valence electrons. The summed E-state index contributed by atoms with van der Waals surface area (Å²) in [5, 5.41) is 11.8. The van der Waals surface area contributed by atoms with Crippen LogP contribution in [0.25, 0.3) is 0 Å². The van der Waals surface area contributed by atoms with E-state index in [1.54, 1.807) is 26.0 Å². The van der Waals surface area contributed by atoms with Gasteiger partial charge in [-0.2, -0.15) is 0 Å². The number of benzene rings is 3. The monoisotopic (exact) mass is 491 g/mol. The normalized spacial score (nSPS) is 10.6.